The van der Waals surface area contributed by atoms with Crippen molar-refractivity contribution in [3.63, 3.8) is 0 Å². The molecule has 0 radical (unpaired) electrons. The van der Waals surface area contributed by atoms with Crippen LogP contribution in [-0.2, 0) is 12.8 Å². The molecular weight excluding hydrogens is 885 g/mol. The summed E-state index contributed by atoms with van der Waals surface area (Å²) in [5, 5.41) is 0. The summed E-state index contributed by atoms with van der Waals surface area (Å²) in [5.74, 6) is 1.22. The summed E-state index contributed by atoms with van der Waals surface area (Å²) in [6.45, 7) is 4.38. The van der Waals surface area contributed by atoms with Crippen molar-refractivity contribution in [3.05, 3.63) is 230 Å². The minimum Gasteiger partial charge on any atom is -0.436 e. The Morgan fingerprint density at radius 1 is 0.319 bits per heavy atom. The first-order valence-corrected chi connectivity index (χ1v) is 24.7. The molecule has 12 aromatic rings. The van der Waals surface area contributed by atoms with Crippen molar-refractivity contribution >= 4 is 67.4 Å². The average Bonchev–Trinajstić information content (AvgIpc) is 4.07. The lowest BCUT2D eigenvalue weighted by atomic mass is 10.0. The quantitative estimate of drug-likeness (QED) is 0.107. The van der Waals surface area contributed by atoms with Crippen LogP contribution in [0.5, 0.6) is 0 Å². The molecule has 0 aliphatic carbocycles. The minimum atomic E-state index is 0.611. The Morgan fingerprint density at radius 2 is 0.653 bits per heavy atom. The van der Waals surface area contributed by atoms with E-state index in [2.05, 4.69) is 194 Å². The molecule has 0 amide bonds. The number of hydrogen-bond donors (Lipinski definition) is 0. The number of oxazole rings is 2. The standard InChI is InChI=1S/C64H50N6O2/c1-3-13-43-21-39-59-57(41-43)67-63(71-59)47-27-35-53(36-28-47)69(49-15-7-5-8-16-49)51-31-23-45(24-32-51)61-62(66-56-20-12-11-19-55(56)65-61)46-25-33-52(34-26-46)70(50-17-9-6-10-18-50)54-37-29-48(30-38-54)64-68-58-42-44(14-4-2)22-40-60(58)72-64/h5-12,15-42H,3-4,13-14H2,1-2H3. The number of nitrogens with zero attached hydrogens (tertiary/aromatic N) is 6. The van der Waals surface area contributed by atoms with Crippen LogP contribution in [0.25, 0.3) is 78.7 Å². The van der Waals surface area contributed by atoms with Gasteiger partial charge in [0, 0.05) is 56.4 Å². The van der Waals surface area contributed by atoms with Crippen molar-refractivity contribution in [2.45, 2.75) is 39.5 Å². The third-order valence-corrected chi connectivity index (χ3v) is 13.1. The lowest BCUT2D eigenvalue weighted by Gasteiger charge is -2.26. The highest BCUT2D eigenvalue weighted by Gasteiger charge is 2.20. The number of aromatic nitrogens is 4. The molecule has 72 heavy (non-hydrogen) atoms. The molecule has 12 rings (SSSR count). The van der Waals surface area contributed by atoms with Crippen LogP contribution in [0.3, 0.4) is 0 Å². The van der Waals surface area contributed by atoms with E-state index in [1.165, 1.54) is 11.1 Å². The Bertz CT molecular complexity index is 3560. The SMILES string of the molecule is CCCc1ccc2oc(-c3ccc(N(c4ccccc4)c4ccc(-c5nc6ccccc6nc5-c5ccc(N(c6ccccc6)c6ccc(-c7nc8cc(CCC)ccc8o7)cc6)cc5)cc4)cc3)nc2c1. The van der Waals surface area contributed by atoms with Gasteiger partial charge in [-0.15, -0.1) is 0 Å². The second kappa shape index (κ2) is 19.3. The van der Waals surface area contributed by atoms with E-state index < -0.39 is 0 Å². The number of aryl methyl sites for hydroxylation is 2. The van der Waals surface area contributed by atoms with E-state index in [0.29, 0.717) is 11.8 Å². The summed E-state index contributed by atoms with van der Waals surface area (Å²) >= 11 is 0. The molecule has 8 heteroatoms. The van der Waals surface area contributed by atoms with Crippen LogP contribution in [0.1, 0.15) is 37.8 Å². The van der Waals surface area contributed by atoms with Crippen molar-refractivity contribution in [2.24, 2.45) is 0 Å². The number of rotatable bonds is 14. The van der Waals surface area contributed by atoms with Gasteiger partial charge < -0.3 is 18.6 Å². The Morgan fingerprint density at radius 3 is 1.01 bits per heavy atom. The van der Waals surface area contributed by atoms with Crippen LogP contribution >= 0.6 is 0 Å². The first-order chi connectivity index (χ1) is 35.5. The summed E-state index contributed by atoms with van der Waals surface area (Å²) in [6.07, 6.45) is 4.21. The molecule has 0 aliphatic rings. The number of benzene rings is 9. The number of hydrogen-bond acceptors (Lipinski definition) is 8. The normalized spacial score (nSPS) is 11.4. The van der Waals surface area contributed by atoms with E-state index in [0.717, 1.165) is 127 Å². The van der Waals surface area contributed by atoms with Gasteiger partial charge in [0.15, 0.2) is 11.2 Å². The zero-order valence-electron chi connectivity index (χ0n) is 40.1. The van der Waals surface area contributed by atoms with Crippen LogP contribution in [0.4, 0.5) is 34.1 Å². The second-order valence-electron chi connectivity index (χ2n) is 18.1. The van der Waals surface area contributed by atoms with Crippen molar-refractivity contribution < 1.29 is 8.83 Å². The molecule has 0 fully saturated rings. The molecular formula is C64H50N6O2. The van der Waals surface area contributed by atoms with Crippen LogP contribution in [-0.4, -0.2) is 19.9 Å². The van der Waals surface area contributed by atoms with Gasteiger partial charge in [-0.1, -0.05) is 112 Å². The first-order valence-electron chi connectivity index (χ1n) is 24.7. The predicted octanol–water partition coefficient (Wildman–Crippen LogP) is 17.4. The molecule has 0 aliphatic heterocycles. The van der Waals surface area contributed by atoms with Crippen molar-refractivity contribution in [3.8, 4) is 45.4 Å². The minimum absolute atomic E-state index is 0.611. The smallest absolute Gasteiger partial charge is 0.227 e. The molecule has 9 aromatic carbocycles. The molecule has 0 spiro atoms. The highest BCUT2D eigenvalue weighted by atomic mass is 16.4. The van der Waals surface area contributed by atoms with Crippen LogP contribution in [0, 0.1) is 0 Å². The van der Waals surface area contributed by atoms with Crippen molar-refractivity contribution in [2.75, 3.05) is 9.80 Å². The van der Waals surface area contributed by atoms with Gasteiger partial charge in [0.1, 0.15) is 11.0 Å². The van der Waals surface area contributed by atoms with Crippen molar-refractivity contribution in [1.82, 2.24) is 19.9 Å². The highest BCUT2D eigenvalue weighted by molar-refractivity contribution is 5.89. The number of anilines is 6. The van der Waals surface area contributed by atoms with Gasteiger partial charge in [0.25, 0.3) is 0 Å². The Labute approximate surface area is 418 Å². The molecule has 0 N–H and O–H groups in total. The molecule has 0 bridgehead atoms. The van der Waals surface area contributed by atoms with Gasteiger partial charge >= 0.3 is 0 Å². The molecule has 3 aromatic heterocycles. The summed E-state index contributed by atoms with van der Waals surface area (Å²) in [4.78, 5) is 24.8. The van der Waals surface area contributed by atoms with Crippen LogP contribution in [0.2, 0.25) is 0 Å². The largest absolute Gasteiger partial charge is 0.436 e. The summed E-state index contributed by atoms with van der Waals surface area (Å²) < 4.78 is 12.4. The Hall–Kier alpha value is -9.14. The Kier molecular flexibility index (Phi) is 11.8. The van der Waals surface area contributed by atoms with Gasteiger partial charge in [0.2, 0.25) is 11.8 Å². The highest BCUT2D eigenvalue weighted by Crippen LogP contribution is 2.41. The second-order valence-corrected chi connectivity index (χ2v) is 18.1. The van der Waals surface area contributed by atoms with Crippen molar-refractivity contribution in [1.29, 1.82) is 0 Å². The fourth-order valence-electron chi connectivity index (χ4n) is 9.58. The first kappa shape index (κ1) is 44.1. The van der Waals surface area contributed by atoms with Gasteiger partial charge in [-0.2, -0.15) is 0 Å². The number of para-hydroxylation sites is 4. The predicted molar refractivity (Wildman–Crippen MR) is 294 cm³/mol. The molecule has 8 nitrogen and oxygen atoms in total. The third kappa shape index (κ3) is 8.75. The zero-order chi connectivity index (χ0) is 48.4. The molecule has 0 atom stereocenters. The van der Waals surface area contributed by atoms with E-state index in [1.807, 2.05) is 48.5 Å². The van der Waals surface area contributed by atoms with Crippen LogP contribution in [0.15, 0.2) is 227 Å². The Balaban J connectivity index is 0.859. The van der Waals surface area contributed by atoms with Gasteiger partial charge in [-0.05, 0) is 157 Å². The lowest BCUT2D eigenvalue weighted by Crippen LogP contribution is -2.10. The summed E-state index contributed by atoms with van der Waals surface area (Å²) in [6, 6.07) is 75.6. The number of fused-ring (bicyclic) bond motifs is 3. The van der Waals surface area contributed by atoms with Crippen LogP contribution < -0.4 is 9.80 Å². The van der Waals surface area contributed by atoms with Gasteiger partial charge in [-0.3, -0.25) is 0 Å². The molecule has 0 unspecified atom stereocenters. The van der Waals surface area contributed by atoms with E-state index in [-0.39, 0.29) is 0 Å². The zero-order valence-corrected chi connectivity index (χ0v) is 40.1. The lowest BCUT2D eigenvalue weighted by molar-refractivity contribution is 0.619. The molecule has 348 valence electrons. The van der Waals surface area contributed by atoms with E-state index in [4.69, 9.17) is 28.8 Å². The van der Waals surface area contributed by atoms with E-state index in [1.54, 1.807) is 0 Å². The third-order valence-electron chi connectivity index (χ3n) is 13.1. The summed E-state index contributed by atoms with van der Waals surface area (Å²) in [7, 11) is 0. The van der Waals surface area contributed by atoms with E-state index >= 15 is 0 Å². The maximum Gasteiger partial charge on any atom is 0.227 e. The monoisotopic (exact) mass is 934 g/mol. The van der Waals surface area contributed by atoms with E-state index in [9.17, 15) is 0 Å². The summed E-state index contributed by atoms with van der Waals surface area (Å²) in [5.41, 5.74) is 19.1. The topological polar surface area (TPSA) is 84.3 Å². The molecule has 0 saturated carbocycles. The fourth-order valence-corrected chi connectivity index (χ4v) is 9.58. The maximum atomic E-state index is 6.22. The average molecular weight is 935 g/mol. The molecule has 3 heterocycles. The fraction of sp³-hybridized carbons (Fsp3) is 0.0938. The van der Waals surface area contributed by atoms with Gasteiger partial charge in [-0.25, -0.2) is 19.9 Å². The molecule has 0 saturated heterocycles. The van der Waals surface area contributed by atoms with Gasteiger partial charge in [0.05, 0.1) is 22.4 Å². The maximum absolute atomic E-state index is 6.22.